The van der Waals surface area contributed by atoms with Gasteiger partial charge in [-0.1, -0.05) is 11.6 Å². The maximum atomic E-state index is 12.5. The average molecular weight is 217 g/mol. The Bertz CT molecular complexity index is 330. The fraction of sp³-hybridized carbons (Fsp3) is 0.143. The minimum absolute atomic E-state index is 0.102. The molecule has 72 valence electrons. The number of hydrogen-bond donors (Lipinski definition) is 0. The summed E-state index contributed by atoms with van der Waals surface area (Å²) in [4.78, 5) is 0. The molecule has 0 spiro atoms. The van der Waals surface area contributed by atoms with E-state index in [1.54, 1.807) is 0 Å². The topological polar surface area (TPSA) is 0 Å². The molecule has 0 fully saturated rings. The Morgan fingerprint density at radius 2 is 1.54 bits per heavy atom. The lowest BCUT2D eigenvalue weighted by Gasteiger charge is -2.07. The van der Waals surface area contributed by atoms with Gasteiger partial charge in [0.1, 0.15) is 11.6 Å². The van der Waals surface area contributed by atoms with Crippen molar-refractivity contribution in [2.45, 2.75) is 6.18 Å². The molecule has 0 heterocycles. The number of benzene rings is 1. The van der Waals surface area contributed by atoms with Gasteiger partial charge in [0.05, 0.1) is 10.6 Å². The van der Waals surface area contributed by atoms with Crippen LogP contribution < -0.4 is 0 Å². The molecule has 6 heteroatoms. The summed E-state index contributed by atoms with van der Waals surface area (Å²) in [6, 6.07) is 0.317. The van der Waals surface area contributed by atoms with Crippen LogP contribution in [0.1, 0.15) is 5.56 Å². The summed E-state index contributed by atoms with van der Waals surface area (Å²) in [6.07, 6.45) is -4.86. The van der Waals surface area contributed by atoms with Gasteiger partial charge in [0.15, 0.2) is 0 Å². The lowest BCUT2D eigenvalue weighted by Crippen LogP contribution is -2.08. The molecule has 0 amide bonds. The summed E-state index contributed by atoms with van der Waals surface area (Å²) < 4.78 is 60.7. The molecule has 0 aromatic heterocycles. The molecule has 0 saturated heterocycles. The van der Waals surface area contributed by atoms with E-state index in [0.29, 0.717) is 0 Å². The first-order valence-corrected chi connectivity index (χ1v) is 3.42. The van der Waals surface area contributed by atoms with Crippen molar-refractivity contribution < 1.29 is 22.0 Å². The van der Waals surface area contributed by atoms with Gasteiger partial charge in [-0.25, -0.2) is 8.78 Å². The van der Waals surface area contributed by atoms with E-state index >= 15 is 0 Å². The van der Waals surface area contributed by atoms with Crippen molar-refractivity contribution in [2.24, 2.45) is 0 Å². The molecule has 0 unspecified atom stereocenters. The van der Waals surface area contributed by atoms with E-state index in [0.717, 1.165) is 0 Å². The summed E-state index contributed by atoms with van der Waals surface area (Å²) in [5, 5.41) is -0.756. The van der Waals surface area contributed by atoms with Gasteiger partial charge in [0, 0.05) is 6.07 Å². The highest BCUT2D eigenvalue weighted by molar-refractivity contribution is 6.30. The van der Waals surface area contributed by atoms with Gasteiger partial charge in [0.25, 0.3) is 0 Å². The molecule has 0 aliphatic heterocycles. The molecule has 0 nitrogen and oxygen atoms in total. The molecule has 13 heavy (non-hydrogen) atoms. The standard InChI is InChI=1S/C7H2ClF5/c8-4-1-3(7(11,12)13)5(9)2-6(4)10/h1-2H. The number of hydrogen-bond acceptors (Lipinski definition) is 0. The van der Waals surface area contributed by atoms with Crippen molar-refractivity contribution >= 4 is 11.6 Å². The Hall–Kier alpha value is -0.840. The van der Waals surface area contributed by atoms with Crippen LogP contribution >= 0.6 is 11.6 Å². The quantitative estimate of drug-likeness (QED) is 0.459. The van der Waals surface area contributed by atoms with Crippen molar-refractivity contribution in [2.75, 3.05) is 0 Å². The summed E-state index contributed by atoms with van der Waals surface area (Å²) in [5.74, 6) is -2.89. The first kappa shape index (κ1) is 10.2. The third-order valence-corrected chi connectivity index (χ3v) is 1.61. The van der Waals surface area contributed by atoms with Crippen LogP contribution in [0.5, 0.6) is 0 Å². The van der Waals surface area contributed by atoms with Crippen molar-refractivity contribution in [1.29, 1.82) is 0 Å². The zero-order chi connectivity index (χ0) is 10.2. The van der Waals surface area contributed by atoms with E-state index in [4.69, 9.17) is 11.6 Å². The SMILES string of the molecule is Fc1cc(F)c(C(F)(F)F)cc1Cl. The molecule has 0 aliphatic rings. The Kier molecular flexibility index (Phi) is 2.47. The van der Waals surface area contributed by atoms with Crippen LogP contribution in [-0.2, 0) is 6.18 Å². The number of alkyl halides is 3. The fourth-order valence-electron chi connectivity index (χ4n) is 0.740. The summed E-state index contributed by atoms with van der Waals surface area (Å²) in [5.41, 5.74) is -1.57. The van der Waals surface area contributed by atoms with Crippen molar-refractivity contribution in [3.63, 3.8) is 0 Å². The highest BCUT2D eigenvalue weighted by Gasteiger charge is 2.34. The van der Waals surface area contributed by atoms with E-state index in [1.165, 1.54) is 0 Å². The second-order valence-electron chi connectivity index (χ2n) is 2.24. The Labute approximate surface area is 74.9 Å². The Balaban J connectivity index is 3.32. The third kappa shape index (κ3) is 2.09. The summed E-state index contributed by atoms with van der Waals surface area (Å²) in [7, 11) is 0. The van der Waals surface area contributed by atoms with E-state index in [-0.39, 0.29) is 12.1 Å². The van der Waals surface area contributed by atoms with Gasteiger partial charge in [-0.05, 0) is 6.07 Å². The Morgan fingerprint density at radius 1 is 1.00 bits per heavy atom. The van der Waals surface area contributed by atoms with Crippen LogP contribution in [-0.4, -0.2) is 0 Å². The summed E-state index contributed by atoms with van der Waals surface area (Å²) in [6.45, 7) is 0. The smallest absolute Gasteiger partial charge is 0.206 e. The summed E-state index contributed by atoms with van der Waals surface area (Å²) >= 11 is 5.05. The molecule has 1 aromatic rings. The molecule has 0 N–H and O–H groups in total. The molecule has 1 rings (SSSR count). The van der Waals surface area contributed by atoms with E-state index in [9.17, 15) is 22.0 Å². The van der Waals surface area contributed by atoms with Crippen molar-refractivity contribution in [3.05, 3.63) is 34.4 Å². The van der Waals surface area contributed by atoms with E-state index in [1.807, 2.05) is 0 Å². The monoisotopic (exact) mass is 216 g/mol. The predicted molar refractivity (Wildman–Crippen MR) is 36.4 cm³/mol. The zero-order valence-electron chi connectivity index (χ0n) is 5.92. The van der Waals surface area contributed by atoms with Gasteiger partial charge in [-0.15, -0.1) is 0 Å². The maximum absolute atomic E-state index is 12.5. The molecular weight excluding hydrogens is 215 g/mol. The molecular formula is C7H2ClF5. The maximum Gasteiger partial charge on any atom is 0.419 e. The largest absolute Gasteiger partial charge is 0.419 e. The van der Waals surface area contributed by atoms with Crippen LogP contribution in [0.15, 0.2) is 12.1 Å². The highest BCUT2D eigenvalue weighted by Crippen LogP contribution is 2.33. The van der Waals surface area contributed by atoms with Crippen molar-refractivity contribution in [1.82, 2.24) is 0 Å². The first-order valence-electron chi connectivity index (χ1n) is 3.04. The van der Waals surface area contributed by atoms with Crippen LogP contribution in [0, 0.1) is 11.6 Å². The normalized spacial score (nSPS) is 11.8. The predicted octanol–water partition coefficient (Wildman–Crippen LogP) is 3.64. The van der Waals surface area contributed by atoms with Crippen LogP contribution in [0.2, 0.25) is 5.02 Å². The number of rotatable bonds is 0. The molecule has 0 saturated carbocycles. The molecule has 1 aromatic carbocycles. The zero-order valence-corrected chi connectivity index (χ0v) is 6.68. The molecule has 0 radical (unpaired) electrons. The fourth-order valence-corrected chi connectivity index (χ4v) is 0.903. The van der Waals surface area contributed by atoms with Gasteiger partial charge >= 0.3 is 6.18 Å². The number of halogens is 6. The Morgan fingerprint density at radius 3 is 2.00 bits per heavy atom. The third-order valence-electron chi connectivity index (χ3n) is 1.32. The van der Waals surface area contributed by atoms with E-state index in [2.05, 4.69) is 0 Å². The minimum Gasteiger partial charge on any atom is -0.206 e. The average Bonchev–Trinajstić information content (AvgIpc) is 1.94. The van der Waals surface area contributed by atoms with Crippen LogP contribution in [0.3, 0.4) is 0 Å². The lowest BCUT2D eigenvalue weighted by atomic mass is 10.2. The molecule has 0 aliphatic carbocycles. The van der Waals surface area contributed by atoms with Gasteiger partial charge in [0.2, 0.25) is 0 Å². The first-order chi connectivity index (χ1) is 5.82. The van der Waals surface area contributed by atoms with E-state index < -0.39 is 28.4 Å². The van der Waals surface area contributed by atoms with Crippen LogP contribution in [0.25, 0.3) is 0 Å². The van der Waals surface area contributed by atoms with Gasteiger partial charge in [-0.2, -0.15) is 13.2 Å². The van der Waals surface area contributed by atoms with Gasteiger partial charge in [-0.3, -0.25) is 0 Å². The lowest BCUT2D eigenvalue weighted by molar-refractivity contribution is -0.140. The second-order valence-corrected chi connectivity index (χ2v) is 2.65. The second kappa shape index (κ2) is 3.14. The highest BCUT2D eigenvalue weighted by atomic mass is 35.5. The minimum atomic E-state index is -4.86. The van der Waals surface area contributed by atoms with Crippen LogP contribution in [0.4, 0.5) is 22.0 Å². The van der Waals surface area contributed by atoms with Gasteiger partial charge < -0.3 is 0 Å². The molecule has 0 atom stereocenters. The molecule has 0 bridgehead atoms. The van der Waals surface area contributed by atoms with Crippen molar-refractivity contribution in [3.8, 4) is 0 Å².